The van der Waals surface area contributed by atoms with Crippen LogP contribution in [0.1, 0.15) is 30.0 Å². The second-order valence-corrected chi connectivity index (χ2v) is 8.89. The van der Waals surface area contributed by atoms with Gasteiger partial charge in [-0.1, -0.05) is 0 Å². The first-order valence-electron chi connectivity index (χ1n) is 11.4. The fourth-order valence-corrected chi connectivity index (χ4v) is 5.16. The highest BCUT2D eigenvalue weighted by atomic mass is 35.5. The Kier molecular flexibility index (Phi) is 7.75. The van der Waals surface area contributed by atoms with Gasteiger partial charge in [0.25, 0.3) is 11.4 Å². The number of nitrogens with zero attached hydrogens (tertiary/aromatic N) is 5. The van der Waals surface area contributed by atoms with Crippen LogP contribution in [0.15, 0.2) is 29.2 Å². The van der Waals surface area contributed by atoms with Crippen LogP contribution in [0.4, 0.5) is 4.39 Å². The molecule has 0 radical (unpaired) electrons. The molecule has 3 aliphatic rings. The summed E-state index contributed by atoms with van der Waals surface area (Å²) in [6.45, 7) is 4.73. The van der Waals surface area contributed by atoms with Gasteiger partial charge in [0.15, 0.2) is 5.75 Å². The van der Waals surface area contributed by atoms with E-state index in [-0.39, 0.29) is 42.1 Å². The number of halogens is 3. The zero-order valence-electron chi connectivity index (χ0n) is 19.0. The van der Waals surface area contributed by atoms with Gasteiger partial charge >= 0.3 is 0 Å². The number of benzene rings is 1. The monoisotopic (exact) mass is 524 g/mol. The number of hydrogen-bond donors (Lipinski definition) is 1. The number of nitrogens with one attached hydrogen (secondary N) is 1. The highest BCUT2D eigenvalue weighted by Gasteiger charge is 2.31. The Hall–Kier alpha value is -2.53. The molecule has 12 heteroatoms. The van der Waals surface area contributed by atoms with Gasteiger partial charge in [-0.3, -0.25) is 4.79 Å². The lowest BCUT2D eigenvalue weighted by molar-refractivity contribution is 0.161. The lowest BCUT2D eigenvalue weighted by Crippen LogP contribution is -2.43. The third-order valence-corrected chi connectivity index (χ3v) is 6.80. The van der Waals surface area contributed by atoms with Crippen molar-refractivity contribution in [3.63, 3.8) is 0 Å². The van der Waals surface area contributed by atoms with E-state index in [0.717, 1.165) is 38.2 Å². The van der Waals surface area contributed by atoms with Crippen LogP contribution in [0.25, 0.3) is 11.0 Å². The van der Waals surface area contributed by atoms with Crippen molar-refractivity contribution >= 4 is 35.8 Å². The molecule has 1 unspecified atom stereocenters. The van der Waals surface area contributed by atoms with E-state index in [1.165, 1.54) is 12.3 Å². The van der Waals surface area contributed by atoms with Crippen molar-refractivity contribution < 1.29 is 13.9 Å². The molecule has 0 aliphatic carbocycles. The van der Waals surface area contributed by atoms with Gasteiger partial charge in [-0.25, -0.2) is 9.37 Å². The van der Waals surface area contributed by atoms with E-state index in [0.29, 0.717) is 60.6 Å². The summed E-state index contributed by atoms with van der Waals surface area (Å²) in [6, 6.07) is 5.38. The maximum absolute atomic E-state index is 14.7. The average Bonchev–Trinajstić information content (AvgIpc) is 3.23. The number of hydrogen-bond acceptors (Lipinski definition) is 8. The van der Waals surface area contributed by atoms with Gasteiger partial charge in [-0.2, -0.15) is 5.10 Å². The maximum Gasteiger partial charge on any atom is 0.276 e. The fourth-order valence-electron chi connectivity index (χ4n) is 5.16. The zero-order chi connectivity index (χ0) is 22.4. The van der Waals surface area contributed by atoms with Crippen molar-refractivity contribution in [3.8, 4) is 11.6 Å². The lowest BCUT2D eigenvalue weighted by Gasteiger charge is -2.34. The summed E-state index contributed by atoms with van der Waals surface area (Å²) < 4.78 is 27.4. The van der Waals surface area contributed by atoms with Crippen LogP contribution < -0.4 is 20.3 Å². The van der Waals surface area contributed by atoms with Crippen molar-refractivity contribution in [1.29, 1.82) is 0 Å². The highest BCUT2D eigenvalue weighted by molar-refractivity contribution is 5.85. The molecule has 1 fully saturated rings. The van der Waals surface area contributed by atoms with Crippen LogP contribution in [0.2, 0.25) is 0 Å². The summed E-state index contributed by atoms with van der Waals surface area (Å²) >= 11 is 0. The molecule has 0 saturated carbocycles. The molecule has 1 aromatic carbocycles. The summed E-state index contributed by atoms with van der Waals surface area (Å²) in [4.78, 5) is 18.9. The number of rotatable bonds is 5. The summed E-state index contributed by atoms with van der Waals surface area (Å²) in [5, 5.41) is 11.9. The van der Waals surface area contributed by atoms with Crippen molar-refractivity contribution in [2.45, 2.75) is 37.9 Å². The summed E-state index contributed by atoms with van der Waals surface area (Å²) in [5.41, 5.74) is 2.63. The molecular formula is C23H27Cl2FN6O3. The largest absolute Gasteiger partial charge is 0.484 e. The first kappa shape index (κ1) is 25.6. The molecule has 0 bridgehead atoms. The Labute approximate surface area is 213 Å². The normalized spacial score (nSPS) is 19.3. The van der Waals surface area contributed by atoms with Crippen molar-refractivity contribution in [2.75, 3.05) is 32.8 Å². The Bertz CT molecular complexity index is 1270. The van der Waals surface area contributed by atoms with E-state index in [9.17, 15) is 9.18 Å². The molecular weight excluding hydrogens is 498 g/mol. The minimum atomic E-state index is -0.247. The summed E-state index contributed by atoms with van der Waals surface area (Å²) in [5.74, 6) is 0.820. The second-order valence-electron chi connectivity index (χ2n) is 8.89. The van der Waals surface area contributed by atoms with Crippen LogP contribution in [0.5, 0.6) is 11.6 Å². The molecule has 1 N–H and O–H groups in total. The van der Waals surface area contributed by atoms with Crippen LogP contribution in [-0.4, -0.2) is 63.5 Å². The molecule has 3 aromatic rings. The number of likely N-dealkylation sites (tertiary alicyclic amines) is 1. The molecule has 1 atom stereocenters. The van der Waals surface area contributed by atoms with Gasteiger partial charge in [0.1, 0.15) is 19.0 Å². The lowest BCUT2D eigenvalue weighted by atomic mass is 9.97. The molecule has 0 spiro atoms. The molecule has 188 valence electrons. The number of ether oxygens (including phenoxy) is 2. The quantitative estimate of drug-likeness (QED) is 0.543. The van der Waals surface area contributed by atoms with Crippen LogP contribution in [0, 0.1) is 5.82 Å². The number of aromatic nitrogens is 4. The number of fused-ring (bicyclic) bond motifs is 1. The number of piperidine rings is 1. The van der Waals surface area contributed by atoms with Gasteiger partial charge in [0.05, 0.1) is 22.9 Å². The van der Waals surface area contributed by atoms with E-state index in [1.807, 2.05) is 6.07 Å². The van der Waals surface area contributed by atoms with Gasteiger partial charge in [-0.05, 0) is 38.1 Å². The van der Waals surface area contributed by atoms with E-state index in [2.05, 4.69) is 25.4 Å². The second kappa shape index (κ2) is 10.6. The molecule has 5 heterocycles. The zero-order valence-corrected chi connectivity index (χ0v) is 20.6. The van der Waals surface area contributed by atoms with E-state index in [4.69, 9.17) is 9.47 Å². The van der Waals surface area contributed by atoms with Crippen molar-refractivity contribution in [1.82, 2.24) is 30.0 Å². The van der Waals surface area contributed by atoms with E-state index < -0.39 is 0 Å². The van der Waals surface area contributed by atoms with E-state index >= 15 is 0 Å². The molecule has 2 aromatic heterocycles. The third kappa shape index (κ3) is 4.93. The Morgan fingerprint density at radius 3 is 2.74 bits per heavy atom. The molecule has 1 saturated heterocycles. The minimum Gasteiger partial charge on any atom is -0.484 e. The first-order chi connectivity index (χ1) is 16.2. The van der Waals surface area contributed by atoms with Crippen molar-refractivity contribution in [3.05, 3.63) is 51.8 Å². The third-order valence-electron chi connectivity index (χ3n) is 6.80. The van der Waals surface area contributed by atoms with Crippen LogP contribution >= 0.6 is 24.8 Å². The molecule has 6 rings (SSSR count). The van der Waals surface area contributed by atoms with Crippen LogP contribution in [0.3, 0.4) is 0 Å². The smallest absolute Gasteiger partial charge is 0.276 e. The molecule has 9 nitrogen and oxygen atoms in total. The van der Waals surface area contributed by atoms with Gasteiger partial charge in [-0.15, -0.1) is 29.9 Å². The highest BCUT2D eigenvalue weighted by Crippen LogP contribution is 2.35. The Morgan fingerprint density at radius 1 is 1.11 bits per heavy atom. The topological polar surface area (TPSA) is 94.4 Å². The Morgan fingerprint density at radius 2 is 1.91 bits per heavy atom. The fraction of sp³-hybridized carbons (Fsp3) is 0.478. The van der Waals surface area contributed by atoms with E-state index in [1.54, 1.807) is 10.6 Å². The molecule has 3 aliphatic heterocycles. The molecule has 0 amide bonds. The Balaban J connectivity index is 0.00000144. The van der Waals surface area contributed by atoms with Gasteiger partial charge in [0, 0.05) is 43.2 Å². The predicted octanol–water partition coefficient (Wildman–Crippen LogP) is 2.29. The predicted molar refractivity (Wildman–Crippen MR) is 133 cm³/mol. The first-order valence-corrected chi connectivity index (χ1v) is 11.4. The van der Waals surface area contributed by atoms with Gasteiger partial charge in [0.2, 0.25) is 0 Å². The standard InChI is InChI=1S/C23H25FN6O3.2ClH/c24-17-1-2-18-22-21(17)14(13-30(22)20(31)11-26-18)12-29-5-3-15(4-6-29)25-10-16-9-19-23(28-27-16)33-8-7-32-19;;/h1-2,9,11,14-15,25H,3-8,10,12-13H2;2*1H. The summed E-state index contributed by atoms with van der Waals surface area (Å²) in [6.07, 6.45) is 3.31. The minimum absolute atomic E-state index is 0. The average molecular weight is 525 g/mol. The molecule has 35 heavy (non-hydrogen) atoms. The summed E-state index contributed by atoms with van der Waals surface area (Å²) in [7, 11) is 0. The SMILES string of the molecule is Cl.Cl.O=c1cnc2ccc(F)c3c2n1CC3CN1CCC(NCc2cc3c(nn2)OCCO3)CC1. The maximum atomic E-state index is 14.7. The van der Waals surface area contributed by atoms with Gasteiger partial charge < -0.3 is 24.3 Å². The van der Waals surface area contributed by atoms with Crippen LogP contribution in [-0.2, 0) is 13.1 Å². The van der Waals surface area contributed by atoms with Crippen molar-refractivity contribution in [2.24, 2.45) is 0 Å².